The number of hydrogen-bond acceptors (Lipinski definition) is 6. The van der Waals surface area contributed by atoms with Crippen molar-refractivity contribution in [3.63, 3.8) is 0 Å². The van der Waals surface area contributed by atoms with E-state index in [1.807, 2.05) is 0 Å². The minimum atomic E-state index is -0.423. The first-order chi connectivity index (χ1) is 8.70. The second-order valence-corrected chi connectivity index (χ2v) is 4.47. The predicted molar refractivity (Wildman–Crippen MR) is 66.7 cm³/mol. The van der Waals surface area contributed by atoms with Crippen molar-refractivity contribution >= 4 is 22.4 Å². The molecule has 7 heteroatoms. The molecule has 0 bridgehead atoms. The Balaban J connectivity index is 2.09. The molecule has 0 aliphatic rings. The van der Waals surface area contributed by atoms with Gasteiger partial charge in [-0.1, -0.05) is 23.5 Å². The zero-order valence-electron chi connectivity index (χ0n) is 9.58. The lowest BCUT2D eigenvalue weighted by molar-refractivity contribution is 0.102. The van der Waals surface area contributed by atoms with E-state index < -0.39 is 5.91 Å². The van der Waals surface area contributed by atoms with Gasteiger partial charge < -0.3 is 9.84 Å². The van der Waals surface area contributed by atoms with Crippen LogP contribution >= 0.6 is 11.3 Å². The Bertz CT molecular complexity index is 556. The summed E-state index contributed by atoms with van der Waals surface area (Å²) in [5.74, 6) is -0.496. The second kappa shape index (κ2) is 5.56. The molecule has 0 aliphatic heterocycles. The van der Waals surface area contributed by atoms with E-state index in [9.17, 15) is 9.90 Å². The van der Waals surface area contributed by atoms with Gasteiger partial charge >= 0.3 is 0 Å². The van der Waals surface area contributed by atoms with Gasteiger partial charge in [0.15, 0.2) is 0 Å². The van der Waals surface area contributed by atoms with Crippen LogP contribution in [0.5, 0.6) is 5.75 Å². The van der Waals surface area contributed by atoms with Gasteiger partial charge in [-0.15, -0.1) is 10.2 Å². The third kappa shape index (κ3) is 2.82. The van der Waals surface area contributed by atoms with E-state index >= 15 is 0 Å². The molecule has 0 radical (unpaired) electrons. The molecule has 0 fully saturated rings. The van der Waals surface area contributed by atoms with Gasteiger partial charge in [0.25, 0.3) is 5.91 Å². The molecule has 0 unspecified atom stereocenters. The topological polar surface area (TPSA) is 84.3 Å². The van der Waals surface area contributed by atoms with Crippen LogP contribution < -0.4 is 5.32 Å². The molecule has 1 aromatic carbocycles. The van der Waals surface area contributed by atoms with Crippen LogP contribution in [0.2, 0.25) is 0 Å². The summed E-state index contributed by atoms with van der Waals surface area (Å²) in [6.07, 6.45) is 0. The van der Waals surface area contributed by atoms with Gasteiger partial charge in [-0.2, -0.15) is 0 Å². The number of ether oxygens (including phenoxy) is 1. The highest BCUT2D eigenvalue weighted by Gasteiger charge is 2.13. The first kappa shape index (κ1) is 12.5. The number of para-hydroxylation sites is 1. The monoisotopic (exact) mass is 265 g/mol. The second-order valence-electron chi connectivity index (χ2n) is 3.41. The molecule has 18 heavy (non-hydrogen) atoms. The van der Waals surface area contributed by atoms with Crippen LogP contribution in [-0.4, -0.2) is 28.3 Å². The number of hydrogen-bond donors (Lipinski definition) is 2. The molecule has 0 aliphatic carbocycles. The average Bonchev–Trinajstić information content (AvgIpc) is 2.77. The standard InChI is InChI=1S/C11H11N3O3S/c1-17-6-9-13-14-11(18-9)12-10(16)7-4-2-3-5-8(7)15/h2-5,15H,6H2,1H3,(H,12,14,16). The van der Waals surface area contributed by atoms with Crippen molar-refractivity contribution < 1.29 is 14.6 Å². The van der Waals surface area contributed by atoms with Crippen molar-refractivity contribution in [2.45, 2.75) is 6.61 Å². The molecule has 6 nitrogen and oxygen atoms in total. The van der Waals surface area contributed by atoms with E-state index in [0.717, 1.165) is 0 Å². The maximum atomic E-state index is 11.8. The maximum absolute atomic E-state index is 11.8. The Morgan fingerprint density at radius 3 is 2.94 bits per heavy atom. The number of benzene rings is 1. The van der Waals surface area contributed by atoms with E-state index in [4.69, 9.17) is 4.74 Å². The van der Waals surface area contributed by atoms with Crippen molar-refractivity contribution in [3.05, 3.63) is 34.8 Å². The molecule has 0 atom stereocenters. The summed E-state index contributed by atoms with van der Waals surface area (Å²) in [6.45, 7) is 0.351. The summed E-state index contributed by atoms with van der Waals surface area (Å²) in [4.78, 5) is 11.8. The van der Waals surface area contributed by atoms with Gasteiger partial charge in [-0.3, -0.25) is 10.1 Å². The number of carbonyl (C=O) groups excluding carboxylic acids is 1. The molecule has 1 amide bonds. The van der Waals surface area contributed by atoms with Crippen LogP contribution in [0, 0.1) is 0 Å². The number of methoxy groups -OCH3 is 1. The minimum absolute atomic E-state index is 0.0726. The Hall–Kier alpha value is -1.99. The molecule has 2 rings (SSSR count). The lowest BCUT2D eigenvalue weighted by atomic mass is 10.2. The first-order valence-electron chi connectivity index (χ1n) is 5.11. The zero-order valence-corrected chi connectivity index (χ0v) is 10.4. The van der Waals surface area contributed by atoms with Crippen molar-refractivity contribution in [2.24, 2.45) is 0 Å². The fourth-order valence-corrected chi connectivity index (χ4v) is 2.02. The smallest absolute Gasteiger partial charge is 0.261 e. The van der Waals surface area contributed by atoms with Crippen molar-refractivity contribution in [1.29, 1.82) is 0 Å². The summed E-state index contributed by atoms with van der Waals surface area (Å²) >= 11 is 1.23. The molecule has 1 heterocycles. The van der Waals surface area contributed by atoms with Crippen LogP contribution in [0.4, 0.5) is 5.13 Å². The number of amides is 1. The summed E-state index contributed by atoms with van der Waals surface area (Å²) in [6, 6.07) is 6.30. The van der Waals surface area contributed by atoms with Crippen LogP contribution in [0.15, 0.2) is 24.3 Å². The molecule has 0 spiro atoms. The van der Waals surface area contributed by atoms with Gasteiger partial charge in [-0.25, -0.2) is 0 Å². The number of aromatic hydroxyl groups is 1. The van der Waals surface area contributed by atoms with Gasteiger partial charge in [0.1, 0.15) is 17.4 Å². The van der Waals surface area contributed by atoms with Gasteiger partial charge in [0.05, 0.1) is 5.56 Å². The van der Waals surface area contributed by atoms with Crippen molar-refractivity contribution in [1.82, 2.24) is 10.2 Å². The molecule has 2 N–H and O–H groups in total. The number of aromatic nitrogens is 2. The number of phenols is 1. The largest absolute Gasteiger partial charge is 0.507 e. The molecule has 1 aromatic heterocycles. The van der Waals surface area contributed by atoms with E-state index in [1.165, 1.54) is 23.5 Å². The lowest BCUT2D eigenvalue weighted by Crippen LogP contribution is -2.11. The van der Waals surface area contributed by atoms with E-state index in [1.54, 1.807) is 19.2 Å². The SMILES string of the molecule is COCc1nnc(NC(=O)c2ccccc2O)s1. The number of carbonyl (C=O) groups is 1. The fourth-order valence-electron chi connectivity index (χ4n) is 1.32. The number of nitrogens with zero attached hydrogens (tertiary/aromatic N) is 2. The number of anilines is 1. The summed E-state index contributed by atoms with van der Waals surface area (Å²) in [5, 5.41) is 20.8. The number of rotatable bonds is 4. The summed E-state index contributed by atoms with van der Waals surface area (Å²) in [5.41, 5.74) is 0.195. The van der Waals surface area contributed by atoms with Gasteiger partial charge in [0.2, 0.25) is 5.13 Å². The molecular formula is C11H11N3O3S. The third-order valence-electron chi connectivity index (χ3n) is 2.10. The molecular weight excluding hydrogens is 254 g/mol. The van der Waals surface area contributed by atoms with Gasteiger partial charge in [-0.05, 0) is 12.1 Å². The van der Waals surface area contributed by atoms with E-state index in [2.05, 4.69) is 15.5 Å². The third-order valence-corrected chi connectivity index (χ3v) is 2.92. The van der Waals surface area contributed by atoms with Crippen molar-refractivity contribution in [2.75, 3.05) is 12.4 Å². The first-order valence-corrected chi connectivity index (χ1v) is 5.93. The average molecular weight is 265 g/mol. The zero-order chi connectivity index (χ0) is 13.0. The fraction of sp³-hybridized carbons (Fsp3) is 0.182. The van der Waals surface area contributed by atoms with Crippen LogP contribution in [0.3, 0.4) is 0 Å². The van der Waals surface area contributed by atoms with E-state index in [-0.39, 0.29) is 11.3 Å². The Morgan fingerprint density at radius 2 is 2.22 bits per heavy atom. The lowest BCUT2D eigenvalue weighted by Gasteiger charge is -2.02. The van der Waals surface area contributed by atoms with Crippen molar-refractivity contribution in [3.8, 4) is 5.75 Å². The van der Waals surface area contributed by atoms with Crippen LogP contribution in [0.1, 0.15) is 15.4 Å². The maximum Gasteiger partial charge on any atom is 0.261 e. The molecule has 0 saturated carbocycles. The highest BCUT2D eigenvalue weighted by atomic mass is 32.1. The molecule has 2 aromatic rings. The predicted octanol–water partition coefficient (Wildman–Crippen LogP) is 1.64. The quantitative estimate of drug-likeness (QED) is 0.878. The molecule has 0 saturated heterocycles. The molecule has 94 valence electrons. The normalized spacial score (nSPS) is 10.3. The highest BCUT2D eigenvalue weighted by Crippen LogP contribution is 2.20. The highest BCUT2D eigenvalue weighted by molar-refractivity contribution is 7.15. The number of phenolic OH excluding ortho intramolecular Hbond substituents is 1. The Labute approximate surface area is 107 Å². The minimum Gasteiger partial charge on any atom is -0.507 e. The summed E-state index contributed by atoms with van der Waals surface area (Å²) < 4.78 is 4.91. The number of nitrogens with one attached hydrogen (secondary N) is 1. The van der Waals surface area contributed by atoms with Crippen LogP contribution in [0.25, 0.3) is 0 Å². The summed E-state index contributed by atoms with van der Waals surface area (Å²) in [7, 11) is 1.56. The van der Waals surface area contributed by atoms with Gasteiger partial charge in [0, 0.05) is 7.11 Å². The van der Waals surface area contributed by atoms with Crippen LogP contribution in [-0.2, 0) is 11.3 Å². The Kier molecular flexibility index (Phi) is 3.85. The Morgan fingerprint density at radius 1 is 1.44 bits per heavy atom. The van der Waals surface area contributed by atoms with E-state index in [0.29, 0.717) is 16.7 Å².